The molecular weight excluding hydrogens is 192 g/mol. The molecule has 0 bridgehead atoms. The van der Waals surface area contributed by atoms with Crippen LogP contribution in [-0.4, -0.2) is 38.3 Å². The van der Waals surface area contributed by atoms with Gasteiger partial charge in [-0.1, -0.05) is 0 Å². The predicted molar refractivity (Wildman–Crippen MR) is 57.6 cm³/mol. The van der Waals surface area contributed by atoms with Crippen molar-refractivity contribution in [2.75, 3.05) is 20.2 Å². The number of ether oxygens (including phenoxy) is 1. The molecule has 4 nitrogen and oxygen atoms in total. The summed E-state index contributed by atoms with van der Waals surface area (Å²) < 4.78 is 5.71. The van der Waals surface area contributed by atoms with Gasteiger partial charge in [-0.05, 0) is 25.2 Å². The highest BCUT2D eigenvalue weighted by Gasteiger charge is 2.40. The Morgan fingerprint density at radius 2 is 2.20 bits per heavy atom. The first-order valence-electron chi connectivity index (χ1n) is 5.87. The molecule has 2 rings (SSSR count). The molecule has 2 unspecified atom stereocenters. The van der Waals surface area contributed by atoms with Gasteiger partial charge in [0.2, 0.25) is 5.91 Å². The molecule has 86 valence electrons. The second-order valence-corrected chi connectivity index (χ2v) is 4.45. The van der Waals surface area contributed by atoms with Gasteiger partial charge in [-0.3, -0.25) is 4.79 Å². The Labute approximate surface area is 90.8 Å². The molecule has 2 aliphatic rings. The number of rotatable bonds is 5. The van der Waals surface area contributed by atoms with Crippen LogP contribution in [0.25, 0.3) is 0 Å². The van der Waals surface area contributed by atoms with Crippen molar-refractivity contribution in [2.24, 2.45) is 5.92 Å². The van der Waals surface area contributed by atoms with E-state index in [2.05, 4.69) is 10.6 Å². The van der Waals surface area contributed by atoms with Gasteiger partial charge >= 0.3 is 0 Å². The summed E-state index contributed by atoms with van der Waals surface area (Å²) in [6, 6.07) is 0.474. The Bertz CT molecular complexity index is 229. The van der Waals surface area contributed by atoms with E-state index in [0.717, 1.165) is 25.5 Å². The molecule has 1 saturated carbocycles. The average molecular weight is 212 g/mol. The van der Waals surface area contributed by atoms with Crippen molar-refractivity contribution in [1.29, 1.82) is 0 Å². The van der Waals surface area contributed by atoms with E-state index in [9.17, 15) is 4.79 Å². The largest absolute Gasteiger partial charge is 0.376 e. The highest BCUT2D eigenvalue weighted by atomic mass is 16.5. The molecule has 0 aromatic carbocycles. The Morgan fingerprint density at radius 3 is 2.87 bits per heavy atom. The molecular formula is C11H20N2O2. The second-order valence-electron chi connectivity index (χ2n) is 4.45. The van der Waals surface area contributed by atoms with Crippen LogP contribution >= 0.6 is 0 Å². The molecule has 1 aliphatic heterocycles. The number of hydrogen-bond donors (Lipinski definition) is 2. The third kappa shape index (κ3) is 2.92. The van der Waals surface area contributed by atoms with Crippen molar-refractivity contribution in [2.45, 2.75) is 37.8 Å². The highest BCUT2D eigenvalue weighted by molar-refractivity contribution is 5.75. The number of amides is 1. The van der Waals surface area contributed by atoms with Crippen molar-refractivity contribution >= 4 is 5.91 Å². The summed E-state index contributed by atoms with van der Waals surface area (Å²) in [5.41, 5.74) is 0. The second kappa shape index (κ2) is 4.94. The van der Waals surface area contributed by atoms with Crippen molar-refractivity contribution in [3.63, 3.8) is 0 Å². The molecule has 0 aromatic heterocycles. The van der Waals surface area contributed by atoms with Crippen LogP contribution in [-0.2, 0) is 9.53 Å². The van der Waals surface area contributed by atoms with Crippen LogP contribution in [0.4, 0.5) is 0 Å². The number of carbonyl (C=O) groups is 1. The van der Waals surface area contributed by atoms with E-state index in [1.807, 2.05) is 0 Å². The monoisotopic (exact) mass is 212 g/mol. The Hall–Kier alpha value is -0.610. The molecule has 1 amide bonds. The third-order valence-electron chi connectivity index (χ3n) is 3.26. The molecule has 0 spiro atoms. The number of nitrogens with one attached hydrogen (secondary N) is 2. The lowest BCUT2D eigenvalue weighted by atomic mass is 10.1. The summed E-state index contributed by atoms with van der Waals surface area (Å²) in [7, 11) is 1.67. The molecule has 1 saturated heterocycles. The first-order chi connectivity index (χ1) is 7.31. The van der Waals surface area contributed by atoms with Crippen LogP contribution in [0.1, 0.15) is 25.7 Å². The standard InChI is InChI=1S/C11H20N2O2/c1-12-10(14)4-6-13-9-5-7-15-11(9)8-2-3-8/h8-9,11,13H,2-7H2,1H3,(H,12,14). The lowest BCUT2D eigenvalue weighted by Crippen LogP contribution is -2.39. The van der Waals surface area contributed by atoms with Crippen LogP contribution in [0.15, 0.2) is 0 Å². The van der Waals surface area contributed by atoms with Gasteiger partial charge in [-0.15, -0.1) is 0 Å². The van der Waals surface area contributed by atoms with Crippen LogP contribution in [0, 0.1) is 5.92 Å². The van der Waals surface area contributed by atoms with Crippen molar-refractivity contribution < 1.29 is 9.53 Å². The lowest BCUT2D eigenvalue weighted by molar-refractivity contribution is -0.120. The molecule has 0 aromatic rings. The molecule has 2 N–H and O–H groups in total. The zero-order valence-corrected chi connectivity index (χ0v) is 9.29. The van der Waals surface area contributed by atoms with Gasteiger partial charge < -0.3 is 15.4 Å². The van der Waals surface area contributed by atoms with Crippen LogP contribution < -0.4 is 10.6 Å². The molecule has 4 heteroatoms. The fourth-order valence-corrected chi connectivity index (χ4v) is 2.22. The molecule has 1 heterocycles. The van der Waals surface area contributed by atoms with Crippen LogP contribution in [0.2, 0.25) is 0 Å². The van der Waals surface area contributed by atoms with E-state index in [1.165, 1.54) is 12.8 Å². The third-order valence-corrected chi connectivity index (χ3v) is 3.26. The minimum absolute atomic E-state index is 0.101. The summed E-state index contributed by atoms with van der Waals surface area (Å²) in [5, 5.41) is 6.06. The quantitative estimate of drug-likeness (QED) is 0.688. The zero-order chi connectivity index (χ0) is 10.7. The Morgan fingerprint density at radius 1 is 1.40 bits per heavy atom. The average Bonchev–Trinajstić information content (AvgIpc) is 2.99. The first-order valence-corrected chi connectivity index (χ1v) is 5.87. The number of carbonyl (C=O) groups excluding carboxylic acids is 1. The topological polar surface area (TPSA) is 50.4 Å². The van der Waals surface area contributed by atoms with Crippen molar-refractivity contribution in [1.82, 2.24) is 10.6 Å². The van der Waals surface area contributed by atoms with Gasteiger partial charge in [0.25, 0.3) is 0 Å². The van der Waals surface area contributed by atoms with E-state index < -0.39 is 0 Å². The fourth-order valence-electron chi connectivity index (χ4n) is 2.22. The SMILES string of the molecule is CNC(=O)CCNC1CCOC1C1CC1. The molecule has 15 heavy (non-hydrogen) atoms. The van der Waals surface area contributed by atoms with E-state index >= 15 is 0 Å². The van der Waals surface area contributed by atoms with E-state index in [1.54, 1.807) is 7.05 Å². The van der Waals surface area contributed by atoms with Crippen LogP contribution in [0.3, 0.4) is 0 Å². The first kappa shape index (κ1) is 10.9. The van der Waals surface area contributed by atoms with Crippen molar-refractivity contribution in [3.8, 4) is 0 Å². The summed E-state index contributed by atoms with van der Waals surface area (Å²) in [6.07, 6.45) is 4.70. The molecule has 2 atom stereocenters. The summed E-state index contributed by atoms with van der Waals surface area (Å²) in [5.74, 6) is 0.884. The fraction of sp³-hybridized carbons (Fsp3) is 0.909. The zero-order valence-electron chi connectivity index (χ0n) is 9.29. The molecule has 0 radical (unpaired) electrons. The molecule has 2 fully saturated rings. The normalized spacial score (nSPS) is 30.5. The highest BCUT2D eigenvalue weighted by Crippen LogP contribution is 2.38. The summed E-state index contributed by atoms with van der Waals surface area (Å²) in [4.78, 5) is 11.0. The van der Waals surface area contributed by atoms with Gasteiger partial charge in [0, 0.05) is 32.7 Å². The Kier molecular flexibility index (Phi) is 3.59. The maximum Gasteiger partial charge on any atom is 0.221 e. The van der Waals surface area contributed by atoms with E-state index in [0.29, 0.717) is 18.6 Å². The summed E-state index contributed by atoms with van der Waals surface area (Å²) >= 11 is 0. The summed E-state index contributed by atoms with van der Waals surface area (Å²) in [6.45, 7) is 1.63. The van der Waals surface area contributed by atoms with Crippen LogP contribution in [0.5, 0.6) is 0 Å². The smallest absolute Gasteiger partial charge is 0.221 e. The van der Waals surface area contributed by atoms with Gasteiger partial charge in [0.1, 0.15) is 0 Å². The predicted octanol–water partition coefficient (Wildman–Crippen LogP) is 0.280. The maximum absolute atomic E-state index is 11.0. The minimum atomic E-state index is 0.101. The Balaban J connectivity index is 1.67. The van der Waals surface area contributed by atoms with E-state index in [-0.39, 0.29) is 5.91 Å². The van der Waals surface area contributed by atoms with Gasteiger partial charge in [0.15, 0.2) is 0 Å². The molecule has 1 aliphatic carbocycles. The van der Waals surface area contributed by atoms with Gasteiger partial charge in [-0.25, -0.2) is 0 Å². The lowest BCUT2D eigenvalue weighted by Gasteiger charge is -2.19. The van der Waals surface area contributed by atoms with Crippen molar-refractivity contribution in [3.05, 3.63) is 0 Å². The number of hydrogen-bond acceptors (Lipinski definition) is 3. The minimum Gasteiger partial charge on any atom is -0.376 e. The maximum atomic E-state index is 11.0. The van der Waals surface area contributed by atoms with E-state index in [4.69, 9.17) is 4.74 Å². The van der Waals surface area contributed by atoms with Gasteiger partial charge in [0.05, 0.1) is 6.10 Å². The van der Waals surface area contributed by atoms with Gasteiger partial charge in [-0.2, -0.15) is 0 Å².